The molecule has 2 unspecified atom stereocenters. The van der Waals surface area contributed by atoms with E-state index in [0.29, 0.717) is 31.4 Å². The molecule has 0 aromatic carbocycles. The summed E-state index contributed by atoms with van der Waals surface area (Å²) in [5.41, 5.74) is 0. The second kappa shape index (κ2) is 13.0. The number of ether oxygens (including phenoxy) is 2. The van der Waals surface area contributed by atoms with Crippen molar-refractivity contribution in [3.8, 4) is 0 Å². The van der Waals surface area contributed by atoms with Gasteiger partial charge in [-0.1, -0.05) is 6.42 Å². The molecule has 9 heteroatoms. The lowest BCUT2D eigenvalue weighted by Crippen LogP contribution is -2.47. The number of nitrogens with zero attached hydrogens (tertiary/aromatic N) is 1. The number of hydrogen-bond donors (Lipinski definition) is 2. The summed E-state index contributed by atoms with van der Waals surface area (Å²) in [6.07, 6.45) is 0.570. The van der Waals surface area contributed by atoms with E-state index < -0.39 is 12.1 Å². The second-order valence-electron chi connectivity index (χ2n) is 7.23. The molecule has 0 amide bonds. The first-order valence-electron chi connectivity index (χ1n) is 9.68. The maximum Gasteiger partial charge on any atom is 0.391 e. The summed E-state index contributed by atoms with van der Waals surface area (Å²) >= 11 is 0. The van der Waals surface area contributed by atoms with E-state index in [1.807, 2.05) is 0 Å². The maximum atomic E-state index is 12.9. The standard InChI is InChI=1S/C18H32F3N3O2.HI/c1-22-17(24-16-5-2-4-15(12-16)18(19,20)21)23-8-3-9-26-13-14-6-10-25-11-7-14;/h14-16H,2-13H2,1H3,(H2,22,23,24);1H. The summed E-state index contributed by atoms with van der Waals surface area (Å²) in [4.78, 5) is 4.12. The molecule has 0 spiro atoms. The molecule has 27 heavy (non-hydrogen) atoms. The molecule has 0 aromatic rings. The number of alkyl halides is 3. The SMILES string of the molecule is CN=C(NCCCOCC1CCOCC1)NC1CCCC(C(F)(F)F)C1.I. The van der Waals surface area contributed by atoms with E-state index in [1.54, 1.807) is 7.05 Å². The van der Waals surface area contributed by atoms with Gasteiger partial charge in [-0.2, -0.15) is 13.2 Å². The maximum absolute atomic E-state index is 12.9. The summed E-state index contributed by atoms with van der Waals surface area (Å²) in [6.45, 7) is 3.78. The molecule has 0 radical (unpaired) electrons. The first-order valence-corrected chi connectivity index (χ1v) is 9.68. The number of guanidine groups is 1. The van der Waals surface area contributed by atoms with Gasteiger partial charge in [-0.3, -0.25) is 4.99 Å². The van der Waals surface area contributed by atoms with E-state index >= 15 is 0 Å². The van der Waals surface area contributed by atoms with Crippen molar-refractivity contribution in [2.24, 2.45) is 16.8 Å². The molecular weight excluding hydrogens is 474 g/mol. The van der Waals surface area contributed by atoms with Gasteiger partial charge in [0.15, 0.2) is 5.96 Å². The van der Waals surface area contributed by atoms with Gasteiger partial charge in [0, 0.05) is 46.1 Å². The molecule has 1 heterocycles. The van der Waals surface area contributed by atoms with Crippen LogP contribution in [0.5, 0.6) is 0 Å². The number of rotatable bonds is 7. The van der Waals surface area contributed by atoms with Crippen LogP contribution < -0.4 is 10.6 Å². The van der Waals surface area contributed by atoms with Gasteiger partial charge < -0.3 is 20.1 Å². The Morgan fingerprint density at radius 1 is 1.19 bits per heavy atom. The fourth-order valence-electron chi connectivity index (χ4n) is 3.55. The first kappa shape index (κ1) is 24.7. The fourth-order valence-corrected chi connectivity index (χ4v) is 3.55. The van der Waals surface area contributed by atoms with E-state index in [2.05, 4.69) is 15.6 Å². The molecule has 1 aliphatic carbocycles. The van der Waals surface area contributed by atoms with Crippen LogP contribution in [0.25, 0.3) is 0 Å². The van der Waals surface area contributed by atoms with Crippen LogP contribution in [0.3, 0.4) is 0 Å². The van der Waals surface area contributed by atoms with Crippen LogP contribution in [0, 0.1) is 11.8 Å². The second-order valence-corrected chi connectivity index (χ2v) is 7.23. The fraction of sp³-hybridized carbons (Fsp3) is 0.944. The van der Waals surface area contributed by atoms with E-state index in [9.17, 15) is 13.2 Å². The van der Waals surface area contributed by atoms with E-state index in [0.717, 1.165) is 45.5 Å². The molecule has 160 valence electrons. The minimum Gasteiger partial charge on any atom is -0.381 e. The third-order valence-corrected chi connectivity index (χ3v) is 5.15. The Morgan fingerprint density at radius 2 is 1.93 bits per heavy atom. The van der Waals surface area contributed by atoms with Gasteiger partial charge >= 0.3 is 6.18 Å². The monoisotopic (exact) mass is 507 g/mol. The highest BCUT2D eigenvalue weighted by Gasteiger charge is 2.42. The van der Waals surface area contributed by atoms with Gasteiger partial charge in [0.2, 0.25) is 0 Å². The van der Waals surface area contributed by atoms with Gasteiger partial charge in [-0.25, -0.2) is 0 Å². The van der Waals surface area contributed by atoms with Crippen molar-refractivity contribution < 1.29 is 22.6 Å². The van der Waals surface area contributed by atoms with Gasteiger partial charge in [0.1, 0.15) is 0 Å². The minimum absolute atomic E-state index is 0. The van der Waals surface area contributed by atoms with Gasteiger partial charge in [0.05, 0.1) is 5.92 Å². The highest BCUT2D eigenvalue weighted by Crippen LogP contribution is 2.37. The first-order chi connectivity index (χ1) is 12.5. The van der Waals surface area contributed by atoms with E-state index in [1.165, 1.54) is 0 Å². The summed E-state index contributed by atoms with van der Waals surface area (Å²) in [5, 5.41) is 6.30. The van der Waals surface area contributed by atoms with Crippen molar-refractivity contribution >= 4 is 29.9 Å². The number of hydrogen-bond acceptors (Lipinski definition) is 3. The van der Waals surface area contributed by atoms with Crippen LogP contribution >= 0.6 is 24.0 Å². The Morgan fingerprint density at radius 3 is 2.59 bits per heavy atom. The molecule has 2 fully saturated rings. The van der Waals surface area contributed by atoms with E-state index in [4.69, 9.17) is 9.47 Å². The van der Waals surface area contributed by atoms with Crippen molar-refractivity contribution in [1.29, 1.82) is 0 Å². The Labute approximate surface area is 177 Å². The number of nitrogens with one attached hydrogen (secondary N) is 2. The number of halogens is 4. The lowest BCUT2D eigenvalue weighted by atomic mass is 9.85. The zero-order valence-electron chi connectivity index (χ0n) is 16.0. The van der Waals surface area contributed by atoms with Gasteiger partial charge in [-0.05, 0) is 44.4 Å². The smallest absolute Gasteiger partial charge is 0.381 e. The van der Waals surface area contributed by atoms with Crippen LogP contribution in [0.15, 0.2) is 4.99 Å². The normalized spacial score (nSPS) is 25.0. The molecule has 1 aliphatic heterocycles. The summed E-state index contributed by atoms with van der Waals surface area (Å²) < 4.78 is 49.7. The highest BCUT2D eigenvalue weighted by molar-refractivity contribution is 14.0. The van der Waals surface area contributed by atoms with Gasteiger partial charge in [0.25, 0.3) is 0 Å². The molecule has 5 nitrogen and oxygen atoms in total. The van der Waals surface area contributed by atoms with Crippen LogP contribution in [0.1, 0.15) is 44.9 Å². The number of aliphatic imine (C=N–C) groups is 1. The lowest BCUT2D eigenvalue weighted by molar-refractivity contribution is -0.183. The third kappa shape index (κ3) is 9.65. The van der Waals surface area contributed by atoms with Crippen LogP contribution in [-0.4, -0.2) is 58.2 Å². The average Bonchev–Trinajstić information content (AvgIpc) is 2.64. The Hall–Kier alpha value is -0.290. The van der Waals surface area contributed by atoms with Crippen molar-refractivity contribution in [2.45, 2.75) is 57.2 Å². The molecule has 0 aromatic heterocycles. The quantitative estimate of drug-likeness (QED) is 0.239. The summed E-state index contributed by atoms with van der Waals surface area (Å²) in [6, 6.07) is -0.175. The van der Waals surface area contributed by atoms with E-state index in [-0.39, 0.29) is 42.9 Å². The topological polar surface area (TPSA) is 54.9 Å². The Bertz CT molecular complexity index is 433. The predicted molar refractivity (Wildman–Crippen MR) is 111 cm³/mol. The summed E-state index contributed by atoms with van der Waals surface area (Å²) in [7, 11) is 1.64. The van der Waals surface area contributed by atoms with Crippen molar-refractivity contribution in [2.75, 3.05) is 40.0 Å². The highest BCUT2D eigenvalue weighted by atomic mass is 127. The largest absolute Gasteiger partial charge is 0.391 e. The molecule has 2 rings (SSSR count). The molecule has 2 N–H and O–H groups in total. The third-order valence-electron chi connectivity index (χ3n) is 5.15. The molecule has 1 saturated heterocycles. The van der Waals surface area contributed by atoms with Crippen molar-refractivity contribution in [3.05, 3.63) is 0 Å². The summed E-state index contributed by atoms with van der Waals surface area (Å²) in [5.74, 6) is -0.0354. The predicted octanol–water partition coefficient (Wildman–Crippen LogP) is 3.72. The zero-order chi connectivity index (χ0) is 18.8. The Kier molecular flexibility index (Phi) is 11.9. The van der Waals surface area contributed by atoms with Crippen molar-refractivity contribution in [3.63, 3.8) is 0 Å². The molecule has 0 bridgehead atoms. The zero-order valence-corrected chi connectivity index (χ0v) is 18.4. The van der Waals surface area contributed by atoms with Crippen LogP contribution in [0.2, 0.25) is 0 Å². The minimum atomic E-state index is -4.10. The van der Waals surface area contributed by atoms with Crippen LogP contribution in [-0.2, 0) is 9.47 Å². The molecule has 2 aliphatic rings. The molecular formula is C18H33F3IN3O2. The van der Waals surface area contributed by atoms with Crippen LogP contribution in [0.4, 0.5) is 13.2 Å². The molecule has 1 saturated carbocycles. The van der Waals surface area contributed by atoms with Crippen molar-refractivity contribution in [1.82, 2.24) is 10.6 Å². The molecule has 2 atom stereocenters. The van der Waals surface area contributed by atoms with Gasteiger partial charge in [-0.15, -0.1) is 24.0 Å². The lowest BCUT2D eigenvalue weighted by Gasteiger charge is -2.31. The average molecular weight is 507 g/mol. The Balaban J connectivity index is 0.00000364.